The number of amides is 1. The van der Waals surface area contributed by atoms with Crippen LogP contribution in [0.1, 0.15) is 15.9 Å². The first-order valence-corrected chi connectivity index (χ1v) is 6.01. The zero-order valence-corrected chi connectivity index (χ0v) is 10.7. The summed E-state index contributed by atoms with van der Waals surface area (Å²) in [7, 11) is 0. The molecule has 3 aromatic rings. The average molecular weight is 270 g/mol. The Labute approximate surface area is 114 Å². The first-order valence-electron chi connectivity index (χ1n) is 6.01. The van der Waals surface area contributed by atoms with Crippen LogP contribution in [0.3, 0.4) is 0 Å². The van der Waals surface area contributed by atoms with Crippen LogP contribution in [0.25, 0.3) is 5.78 Å². The fraction of sp³-hybridized carbons (Fsp3) is 0.0714. The number of benzene rings is 1. The monoisotopic (exact) mass is 270 g/mol. The molecule has 1 amide bonds. The molecule has 0 bridgehead atoms. The van der Waals surface area contributed by atoms with Crippen LogP contribution in [0.15, 0.2) is 42.9 Å². The number of rotatable bonds is 2. The lowest BCUT2D eigenvalue weighted by Crippen LogP contribution is -2.15. The van der Waals surface area contributed by atoms with Gasteiger partial charge in [-0.1, -0.05) is 6.07 Å². The summed E-state index contributed by atoms with van der Waals surface area (Å²) >= 11 is 0. The maximum absolute atomic E-state index is 13.2. The van der Waals surface area contributed by atoms with Gasteiger partial charge >= 0.3 is 0 Å². The van der Waals surface area contributed by atoms with Crippen molar-refractivity contribution < 1.29 is 9.18 Å². The second-order valence-corrected chi connectivity index (χ2v) is 4.36. The second-order valence-electron chi connectivity index (χ2n) is 4.36. The Bertz CT molecular complexity index is 797. The van der Waals surface area contributed by atoms with E-state index in [4.69, 9.17) is 0 Å². The number of carbonyl (C=O) groups is 1. The van der Waals surface area contributed by atoms with Crippen LogP contribution in [0.4, 0.5) is 10.2 Å². The van der Waals surface area contributed by atoms with Crippen molar-refractivity contribution >= 4 is 17.5 Å². The number of nitrogens with zero attached hydrogens (tertiary/aromatic N) is 3. The summed E-state index contributed by atoms with van der Waals surface area (Å²) in [5, 5.41) is 2.64. The molecule has 0 spiro atoms. The summed E-state index contributed by atoms with van der Waals surface area (Å²) in [6, 6.07) is 5.75. The van der Waals surface area contributed by atoms with Crippen molar-refractivity contribution in [3.05, 3.63) is 59.8 Å². The van der Waals surface area contributed by atoms with Crippen LogP contribution >= 0.6 is 0 Å². The van der Waals surface area contributed by atoms with E-state index in [-0.39, 0.29) is 5.56 Å². The lowest BCUT2D eigenvalue weighted by molar-refractivity contribution is 0.102. The Morgan fingerprint density at radius 3 is 3.00 bits per heavy atom. The zero-order chi connectivity index (χ0) is 14.1. The molecule has 6 heteroatoms. The third kappa shape index (κ3) is 2.23. The van der Waals surface area contributed by atoms with Gasteiger partial charge in [-0.15, -0.1) is 0 Å². The SMILES string of the molecule is Cc1ccc(F)cc1C(=O)Nc1ccn2ccnc2n1. The van der Waals surface area contributed by atoms with Gasteiger partial charge in [0.15, 0.2) is 0 Å². The molecular formula is C14H11FN4O. The third-order valence-corrected chi connectivity index (χ3v) is 2.95. The van der Waals surface area contributed by atoms with E-state index in [9.17, 15) is 9.18 Å². The van der Waals surface area contributed by atoms with Crippen LogP contribution in [0.5, 0.6) is 0 Å². The fourth-order valence-electron chi connectivity index (χ4n) is 1.90. The number of hydrogen-bond acceptors (Lipinski definition) is 3. The van der Waals surface area contributed by atoms with E-state index in [0.717, 1.165) is 0 Å². The maximum Gasteiger partial charge on any atom is 0.257 e. The summed E-state index contributed by atoms with van der Waals surface area (Å²) in [6.45, 7) is 1.75. The van der Waals surface area contributed by atoms with Crippen molar-refractivity contribution in [1.82, 2.24) is 14.4 Å². The van der Waals surface area contributed by atoms with Crippen LogP contribution in [-0.2, 0) is 0 Å². The topological polar surface area (TPSA) is 59.3 Å². The van der Waals surface area contributed by atoms with Gasteiger partial charge in [0, 0.05) is 24.2 Å². The quantitative estimate of drug-likeness (QED) is 0.778. The molecule has 0 aliphatic rings. The summed E-state index contributed by atoms with van der Waals surface area (Å²) < 4.78 is 14.9. The van der Waals surface area contributed by atoms with Gasteiger partial charge in [-0.25, -0.2) is 9.37 Å². The van der Waals surface area contributed by atoms with Gasteiger partial charge in [0.2, 0.25) is 5.78 Å². The molecule has 2 heterocycles. The Kier molecular flexibility index (Phi) is 2.90. The molecule has 0 saturated carbocycles. The van der Waals surface area contributed by atoms with E-state index in [0.29, 0.717) is 17.2 Å². The Hall–Kier alpha value is -2.76. The molecule has 0 aliphatic carbocycles. The average Bonchev–Trinajstić information content (AvgIpc) is 2.89. The second kappa shape index (κ2) is 4.73. The molecule has 0 fully saturated rings. The van der Waals surface area contributed by atoms with Crippen LogP contribution in [-0.4, -0.2) is 20.3 Å². The van der Waals surface area contributed by atoms with Gasteiger partial charge in [0.1, 0.15) is 11.6 Å². The van der Waals surface area contributed by atoms with E-state index in [1.165, 1.54) is 12.1 Å². The van der Waals surface area contributed by atoms with Crippen molar-refractivity contribution in [3.63, 3.8) is 0 Å². The van der Waals surface area contributed by atoms with E-state index in [1.54, 1.807) is 42.0 Å². The molecule has 0 radical (unpaired) electrons. The van der Waals surface area contributed by atoms with Crippen LogP contribution < -0.4 is 5.32 Å². The first-order chi connectivity index (χ1) is 9.63. The summed E-state index contributed by atoms with van der Waals surface area (Å²) in [5.41, 5.74) is 0.987. The molecule has 0 saturated heterocycles. The molecule has 3 rings (SSSR count). The standard InChI is InChI=1S/C14H11FN4O/c1-9-2-3-10(15)8-11(9)13(20)17-12-4-6-19-7-5-16-14(19)18-12/h2-8H,1H3,(H,16,17,18,20). The maximum atomic E-state index is 13.2. The molecule has 0 atom stereocenters. The van der Waals surface area contributed by atoms with Crippen molar-refractivity contribution in [2.45, 2.75) is 6.92 Å². The van der Waals surface area contributed by atoms with Crippen molar-refractivity contribution in [2.24, 2.45) is 0 Å². The number of halogens is 1. The minimum absolute atomic E-state index is 0.287. The van der Waals surface area contributed by atoms with Crippen molar-refractivity contribution in [3.8, 4) is 0 Å². The number of nitrogens with one attached hydrogen (secondary N) is 1. The lowest BCUT2D eigenvalue weighted by atomic mass is 10.1. The Balaban J connectivity index is 1.89. The van der Waals surface area contributed by atoms with Crippen molar-refractivity contribution in [1.29, 1.82) is 0 Å². The first kappa shape index (κ1) is 12.3. The lowest BCUT2D eigenvalue weighted by Gasteiger charge is -2.07. The Morgan fingerprint density at radius 2 is 2.15 bits per heavy atom. The summed E-state index contributed by atoms with van der Waals surface area (Å²) in [5.74, 6) is 0.0129. The largest absolute Gasteiger partial charge is 0.306 e. The fourth-order valence-corrected chi connectivity index (χ4v) is 1.90. The van der Waals surface area contributed by atoms with Gasteiger partial charge in [0.25, 0.3) is 5.91 Å². The minimum atomic E-state index is -0.447. The Morgan fingerprint density at radius 1 is 1.30 bits per heavy atom. The summed E-state index contributed by atoms with van der Waals surface area (Å²) in [4.78, 5) is 20.3. The van der Waals surface area contributed by atoms with Gasteiger partial charge in [-0.2, -0.15) is 4.98 Å². The van der Waals surface area contributed by atoms with Crippen molar-refractivity contribution in [2.75, 3.05) is 5.32 Å². The number of anilines is 1. The predicted octanol–water partition coefficient (Wildman–Crippen LogP) is 2.43. The number of imidazole rings is 1. The highest BCUT2D eigenvalue weighted by Crippen LogP contribution is 2.13. The molecule has 1 N–H and O–H groups in total. The van der Waals surface area contributed by atoms with E-state index in [2.05, 4.69) is 15.3 Å². The number of carbonyl (C=O) groups excluding carboxylic acids is 1. The molecular weight excluding hydrogens is 259 g/mol. The molecule has 100 valence electrons. The highest BCUT2D eigenvalue weighted by molar-refractivity contribution is 6.04. The smallest absolute Gasteiger partial charge is 0.257 e. The third-order valence-electron chi connectivity index (χ3n) is 2.95. The van der Waals surface area contributed by atoms with Crippen LogP contribution in [0.2, 0.25) is 0 Å². The van der Waals surface area contributed by atoms with E-state index >= 15 is 0 Å². The molecule has 5 nitrogen and oxygen atoms in total. The van der Waals surface area contributed by atoms with E-state index in [1.807, 2.05) is 0 Å². The van der Waals surface area contributed by atoms with E-state index < -0.39 is 11.7 Å². The summed E-state index contributed by atoms with van der Waals surface area (Å²) in [6.07, 6.45) is 5.11. The number of aryl methyl sites for hydroxylation is 1. The molecule has 2 aromatic heterocycles. The highest BCUT2D eigenvalue weighted by atomic mass is 19.1. The minimum Gasteiger partial charge on any atom is -0.306 e. The molecule has 0 aliphatic heterocycles. The molecule has 0 unspecified atom stereocenters. The van der Waals surface area contributed by atoms with Gasteiger partial charge in [-0.3, -0.25) is 9.20 Å². The molecule has 1 aromatic carbocycles. The zero-order valence-electron chi connectivity index (χ0n) is 10.7. The number of hydrogen-bond donors (Lipinski definition) is 1. The normalized spacial score (nSPS) is 10.7. The molecule has 20 heavy (non-hydrogen) atoms. The van der Waals surface area contributed by atoms with Gasteiger partial charge in [0.05, 0.1) is 0 Å². The predicted molar refractivity (Wildman–Crippen MR) is 72.1 cm³/mol. The highest BCUT2D eigenvalue weighted by Gasteiger charge is 2.11. The number of aromatic nitrogens is 3. The van der Waals surface area contributed by atoms with Crippen LogP contribution in [0, 0.1) is 12.7 Å². The number of fused-ring (bicyclic) bond motifs is 1. The van der Waals surface area contributed by atoms with Gasteiger partial charge in [-0.05, 0) is 30.7 Å². The van der Waals surface area contributed by atoms with Gasteiger partial charge < -0.3 is 5.32 Å².